The highest BCUT2D eigenvalue weighted by atomic mass is 31.0. The maximum Gasteiger partial charge on any atom is 0.0388 e. The van der Waals surface area contributed by atoms with Gasteiger partial charge in [0.25, 0.3) is 0 Å². The van der Waals surface area contributed by atoms with Crippen molar-refractivity contribution >= 4 is 15.0 Å². The van der Waals surface area contributed by atoms with E-state index in [1.807, 2.05) is 0 Å². The molecule has 0 aliphatic carbocycles. The van der Waals surface area contributed by atoms with Gasteiger partial charge in [-0.15, -0.1) is 9.24 Å². The minimum atomic E-state index is 1.03. The van der Waals surface area contributed by atoms with Crippen LogP contribution in [0.5, 0.6) is 0 Å². The molecule has 0 saturated carbocycles. The van der Waals surface area contributed by atoms with E-state index in [-0.39, 0.29) is 0 Å². The third-order valence-corrected chi connectivity index (χ3v) is 2.16. The number of rotatable bonds is 6. The number of hydrogen-bond acceptors (Lipinski definition) is 1. The van der Waals surface area contributed by atoms with Crippen LogP contribution in [0.25, 0.3) is 0 Å². The molecule has 0 aliphatic heterocycles. The molecule has 0 saturated heterocycles. The Morgan fingerprint density at radius 2 is 2.00 bits per heavy atom. The van der Waals surface area contributed by atoms with Gasteiger partial charge in [0, 0.05) is 12.3 Å². The van der Waals surface area contributed by atoms with E-state index in [4.69, 9.17) is 0 Å². The van der Waals surface area contributed by atoms with Crippen molar-refractivity contribution in [3.8, 4) is 0 Å². The lowest BCUT2D eigenvalue weighted by molar-refractivity contribution is 0.732. The van der Waals surface area contributed by atoms with Crippen molar-refractivity contribution < 1.29 is 0 Å². The lowest BCUT2D eigenvalue weighted by Gasteiger charge is -1.96. The van der Waals surface area contributed by atoms with Gasteiger partial charge in [-0.25, -0.2) is 0 Å². The second-order valence-corrected chi connectivity index (χ2v) is 3.40. The molecule has 0 bridgehead atoms. The summed E-state index contributed by atoms with van der Waals surface area (Å²) in [5.74, 6) is 0. The normalized spacial score (nSPS) is 12.1. The minimum absolute atomic E-state index is 1.03. The predicted molar refractivity (Wildman–Crippen MR) is 56.7 cm³/mol. The van der Waals surface area contributed by atoms with Gasteiger partial charge in [-0.1, -0.05) is 13.3 Å². The Labute approximate surface area is 72.9 Å². The molecule has 0 N–H and O–H groups in total. The number of aliphatic imine (C=N–C) groups is 1. The Morgan fingerprint density at radius 1 is 1.27 bits per heavy atom. The fourth-order valence-electron chi connectivity index (χ4n) is 0.815. The predicted octanol–water partition coefficient (Wildman–Crippen LogP) is 2.90. The summed E-state index contributed by atoms with van der Waals surface area (Å²) in [6, 6.07) is 0. The van der Waals surface area contributed by atoms with E-state index < -0.39 is 0 Å². The highest BCUT2D eigenvalue weighted by Gasteiger charge is 1.87. The summed E-state index contributed by atoms with van der Waals surface area (Å²) in [6.07, 6.45) is 6.24. The molecule has 0 radical (unpaired) electrons. The molecular weight excluding hydrogens is 153 g/mol. The maximum atomic E-state index is 4.42. The Kier molecular flexibility index (Phi) is 8.27. The first kappa shape index (κ1) is 11.1. The van der Waals surface area contributed by atoms with Gasteiger partial charge in [0.15, 0.2) is 0 Å². The summed E-state index contributed by atoms with van der Waals surface area (Å²) < 4.78 is 0. The summed E-state index contributed by atoms with van der Waals surface area (Å²) >= 11 is 0. The Hall–Kier alpha value is 0.100. The monoisotopic (exact) mass is 173 g/mol. The average molecular weight is 173 g/mol. The average Bonchev–Trinajstić information content (AvgIpc) is 2.04. The molecule has 0 aliphatic rings. The van der Waals surface area contributed by atoms with E-state index in [9.17, 15) is 0 Å². The van der Waals surface area contributed by atoms with E-state index in [0.29, 0.717) is 0 Å². The van der Waals surface area contributed by atoms with Crippen molar-refractivity contribution in [2.75, 3.05) is 12.7 Å². The molecule has 1 nitrogen and oxygen atoms in total. The van der Waals surface area contributed by atoms with Crippen LogP contribution in [0.4, 0.5) is 0 Å². The highest BCUT2D eigenvalue weighted by molar-refractivity contribution is 7.16. The molecule has 0 amide bonds. The van der Waals surface area contributed by atoms with Crippen LogP contribution in [0.2, 0.25) is 0 Å². The first-order valence-corrected chi connectivity index (χ1v) is 5.33. The largest absolute Gasteiger partial charge is 0.294 e. The highest BCUT2D eigenvalue weighted by Crippen LogP contribution is 1.99. The summed E-state index contributed by atoms with van der Waals surface area (Å²) in [4.78, 5) is 4.42. The van der Waals surface area contributed by atoms with Crippen LogP contribution in [-0.2, 0) is 0 Å². The molecule has 1 atom stereocenters. The van der Waals surface area contributed by atoms with Crippen LogP contribution >= 0.6 is 9.24 Å². The molecule has 0 aromatic heterocycles. The SMILES string of the molecule is CC/C(C)=N\CCCCCP. The Morgan fingerprint density at radius 3 is 2.55 bits per heavy atom. The van der Waals surface area contributed by atoms with Gasteiger partial charge in [0.05, 0.1) is 0 Å². The summed E-state index contributed by atoms with van der Waals surface area (Å²) in [7, 11) is 2.76. The third kappa shape index (κ3) is 8.00. The molecule has 1 unspecified atom stereocenters. The minimum Gasteiger partial charge on any atom is -0.294 e. The Balaban J connectivity index is 3.12. The van der Waals surface area contributed by atoms with Crippen LogP contribution in [0.1, 0.15) is 39.5 Å². The standard InChI is InChI=1S/C9H20NP/c1-3-9(2)10-7-5-4-6-8-11/h3-8,11H2,1-2H3/b10-9-. The Bertz CT molecular complexity index is 110. The number of unbranched alkanes of at least 4 members (excludes halogenated alkanes) is 2. The van der Waals surface area contributed by atoms with E-state index in [1.54, 1.807) is 0 Å². The summed E-state index contributed by atoms with van der Waals surface area (Å²) in [6.45, 7) is 5.29. The fourth-order valence-corrected chi connectivity index (χ4v) is 1.10. The van der Waals surface area contributed by atoms with Crippen molar-refractivity contribution in [1.82, 2.24) is 0 Å². The van der Waals surface area contributed by atoms with Gasteiger partial charge < -0.3 is 0 Å². The van der Waals surface area contributed by atoms with E-state index in [2.05, 4.69) is 28.1 Å². The molecule has 0 spiro atoms. The van der Waals surface area contributed by atoms with Crippen molar-refractivity contribution in [2.45, 2.75) is 39.5 Å². The first-order chi connectivity index (χ1) is 5.31. The van der Waals surface area contributed by atoms with Gasteiger partial charge in [0.1, 0.15) is 0 Å². The van der Waals surface area contributed by atoms with Crippen LogP contribution in [0.3, 0.4) is 0 Å². The lowest BCUT2D eigenvalue weighted by Crippen LogP contribution is -1.91. The van der Waals surface area contributed by atoms with Crippen LogP contribution in [-0.4, -0.2) is 18.4 Å². The molecule has 0 rings (SSSR count). The zero-order chi connectivity index (χ0) is 8.53. The van der Waals surface area contributed by atoms with Gasteiger partial charge in [-0.3, -0.25) is 4.99 Å². The zero-order valence-electron chi connectivity index (χ0n) is 7.77. The van der Waals surface area contributed by atoms with Crippen molar-refractivity contribution in [3.63, 3.8) is 0 Å². The molecule has 66 valence electrons. The van der Waals surface area contributed by atoms with Crippen LogP contribution in [0, 0.1) is 0 Å². The van der Waals surface area contributed by atoms with Gasteiger partial charge in [-0.05, 0) is 32.3 Å². The summed E-state index contributed by atoms with van der Waals surface area (Å²) in [5.41, 5.74) is 1.29. The second-order valence-electron chi connectivity index (χ2n) is 2.82. The van der Waals surface area contributed by atoms with Crippen molar-refractivity contribution in [2.24, 2.45) is 4.99 Å². The zero-order valence-corrected chi connectivity index (χ0v) is 8.92. The molecule has 11 heavy (non-hydrogen) atoms. The lowest BCUT2D eigenvalue weighted by atomic mass is 10.2. The molecule has 0 aromatic carbocycles. The third-order valence-electron chi connectivity index (χ3n) is 1.76. The van der Waals surface area contributed by atoms with Crippen molar-refractivity contribution in [1.29, 1.82) is 0 Å². The molecule has 0 aromatic rings. The fraction of sp³-hybridized carbons (Fsp3) is 0.889. The molecule has 0 heterocycles. The molecule has 0 fully saturated rings. The number of hydrogen-bond donors (Lipinski definition) is 0. The smallest absolute Gasteiger partial charge is 0.0388 e. The van der Waals surface area contributed by atoms with Gasteiger partial charge in [-0.2, -0.15) is 0 Å². The maximum absolute atomic E-state index is 4.42. The van der Waals surface area contributed by atoms with Gasteiger partial charge in [0.2, 0.25) is 0 Å². The summed E-state index contributed by atoms with van der Waals surface area (Å²) in [5, 5.41) is 0. The van der Waals surface area contributed by atoms with Gasteiger partial charge >= 0.3 is 0 Å². The van der Waals surface area contributed by atoms with E-state index >= 15 is 0 Å². The quantitative estimate of drug-likeness (QED) is 0.333. The molecular formula is C9H20NP. The topological polar surface area (TPSA) is 12.4 Å². The van der Waals surface area contributed by atoms with E-state index in [1.165, 1.54) is 31.1 Å². The second kappa shape index (κ2) is 8.20. The number of nitrogens with zero attached hydrogens (tertiary/aromatic N) is 1. The van der Waals surface area contributed by atoms with Crippen molar-refractivity contribution in [3.05, 3.63) is 0 Å². The van der Waals surface area contributed by atoms with Crippen LogP contribution in [0.15, 0.2) is 4.99 Å². The molecule has 2 heteroatoms. The first-order valence-electron chi connectivity index (χ1n) is 4.51. The van der Waals surface area contributed by atoms with E-state index in [0.717, 1.165) is 13.0 Å². The van der Waals surface area contributed by atoms with Crippen LogP contribution < -0.4 is 0 Å².